The van der Waals surface area contributed by atoms with E-state index < -0.39 is 17.2 Å². The molecule has 0 spiro atoms. The van der Waals surface area contributed by atoms with Crippen LogP contribution in [0, 0.1) is 0 Å². The molecular formula is C17H13N3O4. The molecular weight excluding hydrogens is 310 g/mol. The molecule has 0 fully saturated rings. The van der Waals surface area contributed by atoms with Crippen LogP contribution in [0.4, 0.5) is 5.69 Å². The van der Waals surface area contributed by atoms with Gasteiger partial charge in [0.1, 0.15) is 17.1 Å². The Labute approximate surface area is 135 Å². The van der Waals surface area contributed by atoms with Crippen molar-refractivity contribution in [2.24, 2.45) is 0 Å². The smallest absolute Gasteiger partial charge is 0.325 e. The van der Waals surface area contributed by atoms with E-state index >= 15 is 0 Å². The van der Waals surface area contributed by atoms with Crippen molar-refractivity contribution in [1.82, 2.24) is 9.97 Å². The van der Waals surface area contributed by atoms with E-state index in [4.69, 9.17) is 4.74 Å². The van der Waals surface area contributed by atoms with Gasteiger partial charge in [-0.05, 0) is 36.4 Å². The lowest BCUT2D eigenvalue weighted by molar-refractivity contribution is 0.102. The second-order valence-corrected chi connectivity index (χ2v) is 4.88. The van der Waals surface area contributed by atoms with E-state index in [9.17, 15) is 14.4 Å². The fourth-order valence-electron chi connectivity index (χ4n) is 2.01. The van der Waals surface area contributed by atoms with Gasteiger partial charge in [-0.15, -0.1) is 0 Å². The summed E-state index contributed by atoms with van der Waals surface area (Å²) in [6.45, 7) is 0. The molecule has 120 valence electrons. The minimum Gasteiger partial charge on any atom is -0.457 e. The number of aromatic nitrogens is 2. The number of anilines is 1. The van der Waals surface area contributed by atoms with Gasteiger partial charge in [0.05, 0.1) is 0 Å². The fraction of sp³-hybridized carbons (Fsp3) is 0. The van der Waals surface area contributed by atoms with Gasteiger partial charge in [-0.2, -0.15) is 0 Å². The van der Waals surface area contributed by atoms with Crippen LogP contribution in [-0.2, 0) is 0 Å². The summed E-state index contributed by atoms with van der Waals surface area (Å²) < 4.78 is 5.65. The van der Waals surface area contributed by atoms with Crippen molar-refractivity contribution in [3.8, 4) is 11.5 Å². The molecule has 0 aliphatic carbocycles. The summed E-state index contributed by atoms with van der Waals surface area (Å²) >= 11 is 0. The zero-order chi connectivity index (χ0) is 16.9. The number of amides is 1. The van der Waals surface area contributed by atoms with Crippen molar-refractivity contribution >= 4 is 11.6 Å². The molecule has 1 heterocycles. The fourth-order valence-corrected chi connectivity index (χ4v) is 2.01. The monoisotopic (exact) mass is 323 g/mol. The molecule has 0 radical (unpaired) electrons. The average Bonchev–Trinajstić information content (AvgIpc) is 2.57. The number of carbonyl (C=O) groups is 1. The Kier molecular flexibility index (Phi) is 4.24. The summed E-state index contributed by atoms with van der Waals surface area (Å²) in [6, 6.07) is 16.0. The van der Waals surface area contributed by atoms with Gasteiger partial charge in [-0.1, -0.05) is 18.2 Å². The number of para-hydroxylation sites is 1. The molecule has 0 aliphatic heterocycles. The van der Waals surface area contributed by atoms with E-state index in [1.807, 2.05) is 35.3 Å². The molecule has 1 amide bonds. The second kappa shape index (κ2) is 6.66. The lowest BCUT2D eigenvalue weighted by Gasteiger charge is -2.07. The summed E-state index contributed by atoms with van der Waals surface area (Å²) in [5, 5.41) is 2.57. The van der Waals surface area contributed by atoms with Gasteiger partial charge in [0, 0.05) is 11.9 Å². The van der Waals surface area contributed by atoms with Crippen LogP contribution in [0.1, 0.15) is 10.4 Å². The van der Waals surface area contributed by atoms with Gasteiger partial charge in [0.25, 0.3) is 11.5 Å². The molecule has 0 unspecified atom stereocenters. The topological polar surface area (TPSA) is 104 Å². The first-order chi connectivity index (χ1) is 11.6. The minimum atomic E-state index is -0.750. The van der Waals surface area contributed by atoms with Crippen LogP contribution < -0.4 is 21.3 Å². The number of benzene rings is 2. The quantitative estimate of drug-likeness (QED) is 0.684. The van der Waals surface area contributed by atoms with Crippen LogP contribution in [-0.4, -0.2) is 15.9 Å². The maximum absolute atomic E-state index is 12.0. The number of carbonyl (C=O) groups excluding carboxylic acids is 1. The second-order valence-electron chi connectivity index (χ2n) is 4.88. The standard InChI is InChI=1S/C17H13N3O4/c21-15(14-10-18-17(23)20-16(14)22)19-11-6-8-13(9-7-11)24-12-4-2-1-3-5-12/h1-10H,(H,19,21)(H2,18,20,22,23). The van der Waals surface area contributed by atoms with E-state index in [0.29, 0.717) is 17.2 Å². The molecule has 0 saturated carbocycles. The lowest BCUT2D eigenvalue weighted by atomic mass is 10.2. The van der Waals surface area contributed by atoms with E-state index in [0.717, 1.165) is 6.20 Å². The summed E-state index contributed by atoms with van der Waals surface area (Å²) in [7, 11) is 0. The van der Waals surface area contributed by atoms with Crippen LogP contribution in [0.15, 0.2) is 70.4 Å². The van der Waals surface area contributed by atoms with Gasteiger partial charge in [0.15, 0.2) is 0 Å². The largest absolute Gasteiger partial charge is 0.457 e. The van der Waals surface area contributed by atoms with E-state index in [1.54, 1.807) is 24.3 Å². The molecule has 1 aromatic heterocycles. The highest BCUT2D eigenvalue weighted by atomic mass is 16.5. The Hall–Kier alpha value is -3.61. The molecule has 2 aromatic carbocycles. The van der Waals surface area contributed by atoms with E-state index in [2.05, 4.69) is 10.3 Å². The summed E-state index contributed by atoms with van der Waals surface area (Å²) in [4.78, 5) is 38.8. The van der Waals surface area contributed by atoms with E-state index in [-0.39, 0.29) is 5.56 Å². The zero-order valence-electron chi connectivity index (χ0n) is 12.4. The average molecular weight is 323 g/mol. The molecule has 3 N–H and O–H groups in total. The Morgan fingerprint density at radius 3 is 2.25 bits per heavy atom. The Morgan fingerprint density at radius 1 is 0.917 bits per heavy atom. The Balaban J connectivity index is 1.71. The highest BCUT2D eigenvalue weighted by molar-refractivity contribution is 6.03. The number of H-pyrrole nitrogens is 2. The van der Waals surface area contributed by atoms with Crippen LogP contribution in [0.3, 0.4) is 0 Å². The predicted octanol–water partition coefficient (Wildman–Crippen LogP) is 2.11. The summed E-state index contributed by atoms with van der Waals surface area (Å²) in [5.74, 6) is 0.694. The SMILES string of the molecule is O=C(Nc1ccc(Oc2ccccc2)cc1)c1c[nH]c(=O)[nH]c1=O. The first kappa shape index (κ1) is 15.3. The van der Waals surface area contributed by atoms with Gasteiger partial charge >= 0.3 is 5.69 Å². The summed E-state index contributed by atoms with van der Waals surface area (Å²) in [6.07, 6.45) is 1.07. The van der Waals surface area contributed by atoms with E-state index in [1.165, 1.54) is 0 Å². The predicted molar refractivity (Wildman–Crippen MR) is 88.6 cm³/mol. The Bertz CT molecular complexity index is 959. The third-order valence-corrected chi connectivity index (χ3v) is 3.16. The lowest BCUT2D eigenvalue weighted by Crippen LogP contribution is -2.29. The third-order valence-electron chi connectivity index (χ3n) is 3.16. The molecule has 3 rings (SSSR count). The normalized spacial score (nSPS) is 10.2. The summed E-state index contributed by atoms with van der Waals surface area (Å²) in [5.41, 5.74) is -1.11. The van der Waals surface area contributed by atoms with Crippen molar-refractivity contribution in [2.45, 2.75) is 0 Å². The van der Waals surface area contributed by atoms with Gasteiger partial charge in [-0.3, -0.25) is 14.6 Å². The van der Waals surface area contributed by atoms with Gasteiger partial charge < -0.3 is 15.0 Å². The molecule has 0 aliphatic rings. The third kappa shape index (κ3) is 3.58. The van der Waals surface area contributed by atoms with Gasteiger partial charge in [0.2, 0.25) is 0 Å². The van der Waals surface area contributed by atoms with Gasteiger partial charge in [-0.25, -0.2) is 4.79 Å². The molecule has 7 heteroatoms. The number of nitrogens with one attached hydrogen (secondary N) is 3. The molecule has 24 heavy (non-hydrogen) atoms. The number of ether oxygens (including phenoxy) is 1. The maximum atomic E-state index is 12.0. The van der Waals surface area contributed by atoms with Crippen molar-refractivity contribution in [3.63, 3.8) is 0 Å². The highest BCUT2D eigenvalue weighted by Crippen LogP contribution is 2.22. The molecule has 0 bridgehead atoms. The molecule has 0 saturated heterocycles. The number of hydrogen-bond donors (Lipinski definition) is 3. The zero-order valence-corrected chi connectivity index (χ0v) is 12.4. The maximum Gasteiger partial charge on any atom is 0.325 e. The van der Waals surface area contributed by atoms with Crippen molar-refractivity contribution < 1.29 is 9.53 Å². The Morgan fingerprint density at radius 2 is 1.58 bits per heavy atom. The van der Waals surface area contributed by atoms with Crippen LogP contribution in [0.2, 0.25) is 0 Å². The molecule has 0 atom stereocenters. The number of hydrogen-bond acceptors (Lipinski definition) is 4. The van der Waals surface area contributed by atoms with Crippen molar-refractivity contribution in [1.29, 1.82) is 0 Å². The highest BCUT2D eigenvalue weighted by Gasteiger charge is 2.11. The van der Waals surface area contributed by atoms with Crippen molar-refractivity contribution in [2.75, 3.05) is 5.32 Å². The molecule has 7 nitrogen and oxygen atoms in total. The molecule has 3 aromatic rings. The first-order valence-electron chi connectivity index (χ1n) is 7.08. The van der Waals surface area contributed by atoms with Crippen molar-refractivity contribution in [3.05, 3.63) is 87.2 Å². The van der Waals surface area contributed by atoms with Crippen LogP contribution in [0.25, 0.3) is 0 Å². The van der Waals surface area contributed by atoms with Crippen LogP contribution in [0.5, 0.6) is 11.5 Å². The number of aromatic amines is 2. The number of rotatable bonds is 4. The minimum absolute atomic E-state index is 0.181. The van der Waals surface area contributed by atoms with Crippen LogP contribution >= 0.6 is 0 Å². The first-order valence-corrected chi connectivity index (χ1v) is 7.08.